The highest BCUT2D eigenvalue weighted by atomic mass is 16.5. The monoisotopic (exact) mass is 630 g/mol. The van der Waals surface area contributed by atoms with Crippen LogP contribution in [0.15, 0.2) is 78.9 Å². The third-order valence-electron chi connectivity index (χ3n) is 10.7. The lowest BCUT2D eigenvalue weighted by Crippen LogP contribution is -2.63. The zero-order chi connectivity index (χ0) is 32.6. The molecule has 0 amide bonds. The second-order valence-electron chi connectivity index (χ2n) is 16.3. The van der Waals surface area contributed by atoms with Crippen LogP contribution >= 0.6 is 0 Å². The molecule has 244 valence electrons. The highest BCUT2D eigenvalue weighted by Gasteiger charge is 2.55. The Morgan fingerprint density at radius 3 is 1.83 bits per heavy atom. The molecular formula is C42H46O5. The molecule has 5 aromatic carbocycles. The maximum atomic E-state index is 7.46. The van der Waals surface area contributed by atoms with Crippen molar-refractivity contribution < 1.29 is 23.7 Å². The summed E-state index contributed by atoms with van der Waals surface area (Å²) in [6, 6.07) is 28.7. The van der Waals surface area contributed by atoms with E-state index in [-0.39, 0.29) is 27.8 Å². The van der Waals surface area contributed by atoms with Crippen molar-refractivity contribution in [1.82, 2.24) is 0 Å². The largest absolute Gasteiger partial charge is 0.492 e. The predicted octanol–water partition coefficient (Wildman–Crippen LogP) is 9.35. The molecular weight excluding hydrogens is 584 g/mol. The van der Waals surface area contributed by atoms with E-state index in [4.69, 9.17) is 23.7 Å². The normalized spacial score (nSPS) is 19.7. The molecule has 3 aliphatic heterocycles. The predicted molar refractivity (Wildman–Crippen MR) is 190 cm³/mol. The average molecular weight is 631 g/mol. The quantitative estimate of drug-likeness (QED) is 0.160. The van der Waals surface area contributed by atoms with Crippen molar-refractivity contribution in [3.63, 3.8) is 0 Å². The molecule has 0 aliphatic carbocycles. The van der Waals surface area contributed by atoms with Crippen LogP contribution in [0.3, 0.4) is 0 Å². The van der Waals surface area contributed by atoms with Crippen molar-refractivity contribution in [3.8, 4) is 22.6 Å². The summed E-state index contributed by atoms with van der Waals surface area (Å²) >= 11 is 0. The molecule has 3 aliphatic rings. The molecule has 0 saturated carbocycles. The maximum absolute atomic E-state index is 7.46. The Bertz CT molecular complexity index is 1970. The maximum Gasteiger partial charge on any atom is 0.135 e. The van der Waals surface area contributed by atoms with Gasteiger partial charge >= 0.3 is 0 Å². The van der Waals surface area contributed by atoms with Gasteiger partial charge in [0.25, 0.3) is 0 Å². The van der Waals surface area contributed by atoms with E-state index in [1.807, 2.05) is 0 Å². The lowest BCUT2D eigenvalue weighted by molar-refractivity contribution is -0.236. The summed E-state index contributed by atoms with van der Waals surface area (Å²) in [7, 11) is 0. The van der Waals surface area contributed by atoms with Gasteiger partial charge in [0, 0.05) is 32.7 Å². The van der Waals surface area contributed by atoms with Crippen LogP contribution in [0.25, 0.3) is 43.4 Å². The van der Waals surface area contributed by atoms with Crippen molar-refractivity contribution in [1.29, 1.82) is 0 Å². The molecule has 0 bridgehead atoms. The van der Waals surface area contributed by atoms with Gasteiger partial charge in [-0.3, -0.25) is 0 Å². The number of fused-ring (bicyclic) bond motifs is 3. The van der Waals surface area contributed by atoms with Crippen LogP contribution in [0.2, 0.25) is 0 Å². The van der Waals surface area contributed by atoms with Gasteiger partial charge in [-0.2, -0.15) is 0 Å². The minimum atomic E-state index is -0.102. The van der Waals surface area contributed by atoms with E-state index in [1.54, 1.807) is 0 Å². The molecule has 0 unspecified atom stereocenters. The zero-order valence-corrected chi connectivity index (χ0v) is 28.6. The van der Waals surface area contributed by atoms with Gasteiger partial charge in [0.2, 0.25) is 0 Å². The van der Waals surface area contributed by atoms with Gasteiger partial charge in [-0.1, -0.05) is 108 Å². The van der Waals surface area contributed by atoms with Gasteiger partial charge in [-0.05, 0) is 39.3 Å². The first-order chi connectivity index (χ1) is 22.5. The fourth-order valence-electron chi connectivity index (χ4n) is 7.79. The summed E-state index contributed by atoms with van der Waals surface area (Å²) in [5.41, 5.74) is 3.35. The fourth-order valence-corrected chi connectivity index (χ4v) is 7.79. The van der Waals surface area contributed by atoms with Crippen molar-refractivity contribution in [2.24, 2.45) is 16.2 Å². The smallest absolute Gasteiger partial charge is 0.135 e. The minimum absolute atomic E-state index is 0.0223. The number of ether oxygens (including phenoxy) is 5. The summed E-state index contributed by atoms with van der Waals surface area (Å²) < 4.78 is 31.5. The van der Waals surface area contributed by atoms with Crippen LogP contribution in [-0.2, 0) is 19.6 Å². The minimum Gasteiger partial charge on any atom is -0.492 e. The third-order valence-corrected chi connectivity index (χ3v) is 10.7. The second kappa shape index (κ2) is 10.9. The molecule has 5 aromatic rings. The molecule has 8 rings (SSSR count). The molecule has 0 N–H and O–H groups in total. The highest BCUT2D eigenvalue weighted by Crippen LogP contribution is 2.52. The van der Waals surface area contributed by atoms with Crippen LogP contribution in [0.1, 0.15) is 47.1 Å². The average Bonchev–Trinajstić information content (AvgIpc) is 3.02. The topological polar surface area (TPSA) is 46.2 Å². The summed E-state index contributed by atoms with van der Waals surface area (Å²) in [6.07, 6.45) is -0.0715. The molecule has 0 atom stereocenters. The Hall–Kier alpha value is -3.64. The van der Waals surface area contributed by atoms with E-state index >= 15 is 0 Å². The SMILES string of the molecule is CC1(COc2c3ccccc3c(-c3ccc4ccccc4c3OC(C3(C)COC3)C3(C)COC3)c3cc(C(C)(C)C)ccc23)COC1. The lowest BCUT2D eigenvalue weighted by Gasteiger charge is -2.54. The Morgan fingerprint density at radius 1 is 0.638 bits per heavy atom. The van der Waals surface area contributed by atoms with Crippen LogP contribution in [0.5, 0.6) is 11.5 Å². The molecule has 3 heterocycles. The van der Waals surface area contributed by atoms with Crippen molar-refractivity contribution in [2.45, 2.75) is 53.1 Å². The molecule has 47 heavy (non-hydrogen) atoms. The summed E-state index contributed by atoms with van der Waals surface area (Å²) in [4.78, 5) is 0. The Morgan fingerprint density at radius 2 is 1.23 bits per heavy atom. The molecule has 3 fully saturated rings. The molecule has 0 aromatic heterocycles. The van der Waals surface area contributed by atoms with E-state index in [9.17, 15) is 0 Å². The first-order valence-corrected chi connectivity index (χ1v) is 17.0. The number of benzene rings is 5. The molecule has 3 saturated heterocycles. The number of hydrogen-bond donors (Lipinski definition) is 0. The highest BCUT2D eigenvalue weighted by molar-refractivity contribution is 6.18. The molecule has 0 spiro atoms. The first-order valence-electron chi connectivity index (χ1n) is 17.0. The second-order valence-corrected chi connectivity index (χ2v) is 16.3. The van der Waals surface area contributed by atoms with Gasteiger partial charge in [-0.15, -0.1) is 0 Å². The molecule has 5 nitrogen and oxygen atoms in total. The molecule has 5 heteroatoms. The first kappa shape index (κ1) is 30.7. The lowest BCUT2D eigenvalue weighted by atomic mass is 9.67. The Kier molecular flexibility index (Phi) is 7.15. The zero-order valence-electron chi connectivity index (χ0n) is 28.6. The van der Waals surface area contributed by atoms with Crippen LogP contribution in [0.4, 0.5) is 0 Å². The van der Waals surface area contributed by atoms with Crippen molar-refractivity contribution >= 4 is 32.3 Å². The standard InChI is InChI=1S/C42H46O5/c1-39(2,3)28-16-18-32-34(19-28)35(30-13-9-10-14-31(30)36(32)46-22-40(4)20-43-21-40)33-17-15-27-11-7-8-12-29(27)37(33)47-38(41(5)23-44-24-41)42(6)25-45-26-42/h7-19,38H,20-26H2,1-6H3. The summed E-state index contributed by atoms with van der Waals surface area (Å²) in [6.45, 7) is 18.5. The Labute approximate surface area is 278 Å². The van der Waals surface area contributed by atoms with Crippen molar-refractivity contribution in [3.05, 3.63) is 84.4 Å². The number of rotatable bonds is 8. The third kappa shape index (κ3) is 5.10. The summed E-state index contributed by atoms with van der Waals surface area (Å²) in [5.74, 6) is 1.86. The Balaban J connectivity index is 1.41. The van der Waals surface area contributed by atoms with Crippen LogP contribution < -0.4 is 9.47 Å². The van der Waals surface area contributed by atoms with Gasteiger partial charge in [0.1, 0.15) is 17.6 Å². The van der Waals surface area contributed by atoms with E-state index in [2.05, 4.69) is 120 Å². The van der Waals surface area contributed by atoms with Gasteiger partial charge in [-0.25, -0.2) is 0 Å². The van der Waals surface area contributed by atoms with E-state index < -0.39 is 0 Å². The van der Waals surface area contributed by atoms with Gasteiger partial charge < -0.3 is 23.7 Å². The van der Waals surface area contributed by atoms with E-state index in [1.165, 1.54) is 16.5 Å². The van der Waals surface area contributed by atoms with E-state index in [0.717, 1.165) is 57.2 Å². The van der Waals surface area contributed by atoms with Crippen LogP contribution in [-0.4, -0.2) is 52.4 Å². The van der Waals surface area contributed by atoms with Crippen molar-refractivity contribution in [2.75, 3.05) is 46.2 Å². The van der Waals surface area contributed by atoms with Gasteiger partial charge in [0.15, 0.2) is 0 Å². The molecule has 0 radical (unpaired) electrons. The fraction of sp³-hybridized carbons (Fsp3) is 0.429. The van der Waals surface area contributed by atoms with Crippen LogP contribution in [0, 0.1) is 16.2 Å². The van der Waals surface area contributed by atoms with Gasteiger partial charge in [0.05, 0.1) is 57.1 Å². The number of hydrogen-bond acceptors (Lipinski definition) is 5. The summed E-state index contributed by atoms with van der Waals surface area (Å²) in [5, 5.41) is 6.83. The van der Waals surface area contributed by atoms with E-state index in [0.29, 0.717) is 33.0 Å².